The second kappa shape index (κ2) is 5.88. The van der Waals surface area contributed by atoms with Gasteiger partial charge in [0, 0.05) is 18.1 Å². The highest BCUT2D eigenvalue weighted by Crippen LogP contribution is 2.39. The average molecular weight is 301 g/mol. The molecule has 0 aliphatic carbocycles. The summed E-state index contributed by atoms with van der Waals surface area (Å²) in [5.41, 5.74) is 5.35. The molecule has 0 bridgehead atoms. The van der Waals surface area contributed by atoms with Crippen LogP contribution in [-0.2, 0) is 19.6 Å². The molecule has 0 unspecified atom stereocenters. The van der Waals surface area contributed by atoms with Gasteiger partial charge in [-0.15, -0.1) is 0 Å². The molecular formula is C13H14F3N3S. The highest BCUT2D eigenvalue weighted by molar-refractivity contribution is 7.99. The van der Waals surface area contributed by atoms with Crippen LogP contribution in [0.1, 0.15) is 11.1 Å². The van der Waals surface area contributed by atoms with Crippen LogP contribution in [0.25, 0.3) is 0 Å². The molecule has 1 aromatic heterocycles. The monoisotopic (exact) mass is 301 g/mol. The molecule has 0 radical (unpaired) electrons. The number of aromatic nitrogens is 2. The molecule has 3 nitrogen and oxygen atoms in total. The molecule has 0 aliphatic rings. The summed E-state index contributed by atoms with van der Waals surface area (Å²) in [5.74, 6) is 0. The van der Waals surface area contributed by atoms with E-state index in [1.807, 2.05) is 0 Å². The zero-order chi connectivity index (χ0) is 14.8. The SMILES string of the molecule is Cn1cc(Sc2ccc(CCN)cc2C(F)(F)F)cn1. The average Bonchev–Trinajstić information content (AvgIpc) is 2.76. The van der Waals surface area contributed by atoms with Crippen LogP contribution in [0.2, 0.25) is 0 Å². The number of benzene rings is 1. The predicted molar refractivity (Wildman–Crippen MR) is 71.5 cm³/mol. The van der Waals surface area contributed by atoms with E-state index < -0.39 is 11.7 Å². The van der Waals surface area contributed by atoms with Gasteiger partial charge in [0.25, 0.3) is 0 Å². The minimum Gasteiger partial charge on any atom is -0.330 e. The zero-order valence-electron chi connectivity index (χ0n) is 10.8. The van der Waals surface area contributed by atoms with Crippen LogP contribution in [0, 0.1) is 0 Å². The highest BCUT2D eigenvalue weighted by Gasteiger charge is 2.34. The maximum atomic E-state index is 13.1. The first kappa shape index (κ1) is 14.9. The van der Waals surface area contributed by atoms with Crippen molar-refractivity contribution in [3.05, 3.63) is 41.7 Å². The van der Waals surface area contributed by atoms with E-state index in [4.69, 9.17) is 5.73 Å². The van der Waals surface area contributed by atoms with Gasteiger partial charge in [0.15, 0.2) is 0 Å². The molecule has 0 saturated heterocycles. The Hall–Kier alpha value is -1.47. The van der Waals surface area contributed by atoms with Gasteiger partial charge in [0.1, 0.15) is 0 Å². The summed E-state index contributed by atoms with van der Waals surface area (Å²) in [4.78, 5) is 0.843. The third-order valence-corrected chi connectivity index (χ3v) is 3.71. The van der Waals surface area contributed by atoms with Crippen molar-refractivity contribution < 1.29 is 13.2 Å². The molecule has 20 heavy (non-hydrogen) atoms. The standard InChI is InChI=1S/C13H14F3N3S/c1-19-8-10(7-18-19)20-12-3-2-9(4-5-17)6-11(12)13(14,15)16/h2-3,6-8H,4-5,17H2,1H3. The lowest BCUT2D eigenvalue weighted by atomic mass is 10.1. The predicted octanol–water partition coefficient (Wildman–Crippen LogP) is 3.09. The largest absolute Gasteiger partial charge is 0.417 e. The van der Waals surface area contributed by atoms with Crippen LogP contribution in [0.5, 0.6) is 0 Å². The number of hydrogen-bond donors (Lipinski definition) is 1. The van der Waals surface area contributed by atoms with Gasteiger partial charge in [-0.1, -0.05) is 17.8 Å². The Morgan fingerprint density at radius 2 is 2.10 bits per heavy atom. The molecule has 2 aromatic rings. The van der Waals surface area contributed by atoms with Crippen molar-refractivity contribution in [1.29, 1.82) is 0 Å². The molecule has 0 fully saturated rings. The number of nitrogens with zero attached hydrogens (tertiary/aromatic N) is 2. The van der Waals surface area contributed by atoms with Crippen LogP contribution < -0.4 is 5.73 Å². The molecule has 0 amide bonds. The van der Waals surface area contributed by atoms with E-state index in [2.05, 4.69) is 5.10 Å². The van der Waals surface area contributed by atoms with Crippen LogP contribution in [-0.4, -0.2) is 16.3 Å². The van der Waals surface area contributed by atoms with E-state index in [1.165, 1.54) is 12.1 Å². The first-order valence-corrected chi connectivity index (χ1v) is 6.78. The third kappa shape index (κ3) is 3.55. The summed E-state index contributed by atoms with van der Waals surface area (Å²) in [6.07, 6.45) is -0.729. The summed E-state index contributed by atoms with van der Waals surface area (Å²) in [7, 11) is 1.72. The van der Waals surface area contributed by atoms with Crippen molar-refractivity contribution in [2.75, 3.05) is 6.54 Å². The van der Waals surface area contributed by atoms with Crippen molar-refractivity contribution in [3.8, 4) is 0 Å². The number of hydrogen-bond acceptors (Lipinski definition) is 3. The fourth-order valence-electron chi connectivity index (χ4n) is 1.79. The topological polar surface area (TPSA) is 43.8 Å². The lowest BCUT2D eigenvalue weighted by Crippen LogP contribution is -2.09. The van der Waals surface area contributed by atoms with Crippen molar-refractivity contribution in [3.63, 3.8) is 0 Å². The molecule has 7 heteroatoms. The zero-order valence-corrected chi connectivity index (χ0v) is 11.6. The molecule has 2 rings (SSSR count). The molecule has 1 heterocycles. The maximum Gasteiger partial charge on any atom is 0.417 e. The van der Waals surface area contributed by atoms with E-state index in [1.54, 1.807) is 30.2 Å². The minimum absolute atomic E-state index is 0.172. The van der Waals surface area contributed by atoms with Crippen LogP contribution in [0.3, 0.4) is 0 Å². The van der Waals surface area contributed by atoms with Crippen LogP contribution in [0.4, 0.5) is 13.2 Å². The van der Waals surface area contributed by atoms with Gasteiger partial charge < -0.3 is 5.73 Å². The minimum atomic E-state index is -4.38. The molecule has 108 valence electrons. The normalized spacial score (nSPS) is 11.8. The number of halogens is 3. The Kier molecular flexibility index (Phi) is 4.39. The van der Waals surface area contributed by atoms with Crippen LogP contribution >= 0.6 is 11.8 Å². The Balaban J connectivity index is 2.36. The van der Waals surface area contributed by atoms with Crippen molar-refractivity contribution in [1.82, 2.24) is 9.78 Å². The van der Waals surface area contributed by atoms with E-state index >= 15 is 0 Å². The number of rotatable bonds is 4. The van der Waals surface area contributed by atoms with Gasteiger partial charge in [-0.05, 0) is 30.7 Å². The summed E-state index contributed by atoms with van der Waals surface area (Å²) in [5, 5.41) is 3.95. The van der Waals surface area contributed by atoms with Crippen molar-refractivity contribution in [2.24, 2.45) is 12.8 Å². The Bertz CT molecular complexity index is 593. The summed E-state index contributed by atoms with van der Waals surface area (Å²) >= 11 is 1.05. The number of nitrogens with two attached hydrogens (primary N) is 1. The Morgan fingerprint density at radius 3 is 2.65 bits per heavy atom. The quantitative estimate of drug-likeness (QED) is 0.943. The first-order valence-electron chi connectivity index (χ1n) is 5.97. The van der Waals surface area contributed by atoms with Gasteiger partial charge in [0.2, 0.25) is 0 Å². The van der Waals surface area contributed by atoms with Crippen LogP contribution in [0.15, 0.2) is 40.4 Å². The van der Waals surface area contributed by atoms with Crippen molar-refractivity contribution in [2.45, 2.75) is 22.4 Å². The van der Waals surface area contributed by atoms with Gasteiger partial charge in [-0.25, -0.2) is 0 Å². The second-order valence-electron chi connectivity index (χ2n) is 4.32. The van der Waals surface area contributed by atoms with Gasteiger partial charge >= 0.3 is 6.18 Å². The Labute approximate surface area is 119 Å². The fourth-order valence-corrected chi connectivity index (χ4v) is 2.77. The van der Waals surface area contributed by atoms with E-state index in [9.17, 15) is 13.2 Å². The fraction of sp³-hybridized carbons (Fsp3) is 0.308. The Morgan fingerprint density at radius 1 is 1.35 bits per heavy atom. The molecule has 0 aliphatic heterocycles. The summed E-state index contributed by atoms with van der Waals surface area (Å²) in [6.45, 7) is 0.326. The third-order valence-electron chi connectivity index (χ3n) is 2.69. The highest BCUT2D eigenvalue weighted by atomic mass is 32.2. The molecule has 2 N–H and O–H groups in total. The smallest absolute Gasteiger partial charge is 0.330 e. The molecule has 0 saturated carbocycles. The van der Waals surface area contributed by atoms with E-state index in [0.29, 0.717) is 23.4 Å². The summed E-state index contributed by atoms with van der Waals surface area (Å²) < 4.78 is 40.9. The molecular weight excluding hydrogens is 287 g/mol. The second-order valence-corrected chi connectivity index (χ2v) is 5.43. The first-order chi connectivity index (χ1) is 9.40. The van der Waals surface area contributed by atoms with Gasteiger partial charge in [0.05, 0.1) is 16.7 Å². The molecule has 0 atom stereocenters. The summed E-state index contributed by atoms with van der Waals surface area (Å²) in [6, 6.07) is 4.35. The van der Waals surface area contributed by atoms with Gasteiger partial charge in [-0.2, -0.15) is 18.3 Å². The lowest BCUT2D eigenvalue weighted by Gasteiger charge is -2.13. The maximum absolute atomic E-state index is 13.1. The number of alkyl halides is 3. The number of aryl methyl sites for hydroxylation is 1. The van der Waals surface area contributed by atoms with Crippen molar-refractivity contribution >= 4 is 11.8 Å². The lowest BCUT2D eigenvalue weighted by molar-refractivity contribution is -0.139. The van der Waals surface area contributed by atoms with E-state index in [-0.39, 0.29) is 4.90 Å². The van der Waals surface area contributed by atoms with E-state index in [0.717, 1.165) is 11.8 Å². The molecule has 1 aromatic carbocycles. The molecule has 0 spiro atoms. The van der Waals surface area contributed by atoms with Gasteiger partial charge in [-0.3, -0.25) is 4.68 Å².